The molecule has 0 N–H and O–H groups in total. The average molecular weight is 562 g/mol. The first-order valence-electron chi connectivity index (χ1n) is 13.1. The molecule has 0 bridgehead atoms. The quantitative estimate of drug-likeness (QED) is 0.116. The van der Waals surface area contributed by atoms with Crippen LogP contribution >= 0.6 is 15.9 Å². The maximum Gasteiger partial charge on any atom is 0.205 e. The molecule has 0 fully saturated rings. The number of benzene rings is 4. The molecule has 0 radical (unpaired) electrons. The second kappa shape index (κ2) is 10.9. The van der Waals surface area contributed by atoms with Gasteiger partial charge in [0.15, 0.2) is 5.54 Å². The van der Waals surface area contributed by atoms with Crippen molar-refractivity contribution in [3.8, 4) is 11.4 Å². The summed E-state index contributed by atoms with van der Waals surface area (Å²) in [5, 5.41) is 15.5. The number of hydrogen-bond acceptors (Lipinski definition) is 3. The number of hydrogen-bond donors (Lipinski definition) is 0. The minimum absolute atomic E-state index is 0.447. The van der Waals surface area contributed by atoms with Gasteiger partial charge in [-0.2, -0.15) is 0 Å². The van der Waals surface area contributed by atoms with Crippen molar-refractivity contribution in [1.29, 1.82) is 0 Å². The first kappa shape index (κ1) is 24.5. The molecular formula is C33H29BrN4. The van der Waals surface area contributed by atoms with Crippen LogP contribution in [-0.2, 0) is 5.54 Å². The Morgan fingerprint density at radius 2 is 1.29 bits per heavy atom. The molecule has 5 heteroatoms. The third-order valence-electron chi connectivity index (χ3n) is 7.61. The van der Waals surface area contributed by atoms with E-state index in [1.807, 2.05) is 23.0 Å². The number of halogens is 1. The molecule has 0 amide bonds. The number of tetrazole rings is 1. The summed E-state index contributed by atoms with van der Waals surface area (Å²) in [4.78, 5) is 1.81. The molecule has 188 valence electrons. The Hall–Kier alpha value is -3.83. The van der Waals surface area contributed by atoms with Crippen LogP contribution in [0.15, 0.2) is 127 Å². The standard InChI is InChI=1S/C33H29BrN4/c34-24-25-20-22-26(23-21-25)30-18-10-11-19-31(30)32-35-37-38(36-32)33(27-12-4-1-5-13-27,28-14-6-2-7-15-28)29-16-8-3-9-17-29/h1-20,26H,21-24H2. The molecule has 4 nitrogen and oxygen atoms in total. The van der Waals surface area contributed by atoms with Crippen molar-refractivity contribution < 1.29 is 0 Å². The molecule has 4 aromatic carbocycles. The van der Waals surface area contributed by atoms with E-state index in [4.69, 9.17) is 15.4 Å². The van der Waals surface area contributed by atoms with E-state index < -0.39 is 5.54 Å². The van der Waals surface area contributed by atoms with Crippen LogP contribution in [0.3, 0.4) is 0 Å². The van der Waals surface area contributed by atoms with Crippen molar-refractivity contribution in [2.24, 2.45) is 0 Å². The summed E-state index contributed by atoms with van der Waals surface area (Å²) in [6.45, 7) is 0. The summed E-state index contributed by atoms with van der Waals surface area (Å²) in [5.41, 5.74) is 6.30. The van der Waals surface area contributed by atoms with Crippen LogP contribution in [0.2, 0.25) is 0 Å². The van der Waals surface area contributed by atoms with Gasteiger partial charge in [-0.1, -0.05) is 143 Å². The van der Waals surface area contributed by atoms with Crippen molar-refractivity contribution >= 4 is 15.9 Å². The smallest absolute Gasteiger partial charge is 0.144 e. The molecule has 0 saturated heterocycles. The normalized spacial score (nSPS) is 15.7. The van der Waals surface area contributed by atoms with E-state index in [9.17, 15) is 0 Å². The van der Waals surface area contributed by atoms with E-state index in [0.29, 0.717) is 11.7 Å². The van der Waals surface area contributed by atoms with E-state index in [2.05, 4.69) is 119 Å². The third-order valence-corrected chi connectivity index (χ3v) is 8.33. The highest BCUT2D eigenvalue weighted by molar-refractivity contribution is 9.09. The topological polar surface area (TPSA) is 43.6 Å². The van der Waals surface area contributed by atoms with Gasteiger partial charge in [0.05, 0.1) is 0 Å². The van der Waals surface area contributed by atoms with Gasteiger partial charge < -0.3 is 0 Å². The molecule has 1 atom stereocenters. The lowest BCUT2D eigenvalue weighted by Crippen LogP contribution is -2.39. The van der Waals surface area contributed by atoms with Gasteiger partial charge in [-0.3, -0.25) is 0 Å². The fraction of sp³-hybridized carbons (Fsp3) is 0.182. The lowest BCUT2D eigenvalue weighted by molar-refractivity contribution is 0.395. The lowest BCUT2D eigenvalue weighted by atomic mass is 9.77. The highest BCUT2D eigenvalue weighted by atomic mass is 79.9. The maximum absolute atomic E-state index is 5.14. The van der Waals surface area contributed by atoms with Gasteiger partial charge in [0, 0.05) is 10.9 Å². The van der Waals surface area contributed by atoms with Crippen LogP contribution in [0, 0.1) is 0 Å². The van der Waals surface area contributed by atoms with Crippen LogP contribution < -0.4 is 0 Å². The average Bonchev–Trinajstić information content (AvgIpc) is 3.50. The van der Waals surface area contributed by atoms with E-state index in [1.165, 1.54) is 11.1 Å². The molecular weight excluding hydrogens is 532 g/mol. The van der Waals surface area contributed by atoms with Crippen LogP contribution in [0.25, 0.3) is 11.4 Å². The zero-order valence-corrected chi connectivity index (χ0v) is 22.7. The minimum atomic E-state index is -0.775. The number of alkyl halides is 1. The Morgan fingerprint density at radius 3 is 1.82 bits per heavy atom. The number of allylic oxidation sites excluding steroid dienone is 2. The Kier molecular flexibility index (Phi) is 7.02. The minimum Gasteiger partial charge on any atom is -0.144 e. The summed E-state index contributed by atoms with van der Waals surface area (Å²) in [6, 6.07) is 40.0. The number of nitrogens with zero attached hydrogens (tertiary/aromatic N) is 4. The SMILES string of the molecule is BrCC1=CCC(c2ccccc2-c2nnn(C(c3ccccc3)(c3ccccc3)c3ccccc3)n2)CC1. The van der Waals surface area contributed by atoms with Gasteiger partial charge in [-0.25, -0.2) is 0 Å². The molecule has 1 aromatic heterocycles. The van der Waals surface area contributed by atoms with Crippen LogP contribution in [0.1, 0.15) is 47.4 Å². The van der Waals surface area contributed by atoms with Crippen molar-refractivity contribution in [3.05, 3.63) is 149 Å². The Balaban J connectivity index is 1.53. The van der Waals surface area contributed by atoms with Gasteiger partial charge in [-0.05, 0) is 52.6 Å². The van der Waals surface area contributed by atoms with Gasteiger partial charge in [0.2, 0.25) is 5.82 Å². The van der Waals surface area contributed by atoms with E-state index in [1.54, 1.807) is 0 Å². The van der Waals surface area contributed by atoms with Crippen molar-refractivity contribution in [2.75, 3.05) is 5.33 Å². The van der Waals surface area contributed by atoms with Gasteiger partial charge in [0.25, 0.3) is 0 Å². The molecule has 1 heterocycles. The molecule has 1 unspecified atom stereocenters. The van der Waals surface area contributed by atoms with Crippen LogP contribution in [-0.4, -0.2) is 25.5 Å². The summed E-state index contributed by atoms with van der Waals surface area (Å²) in [6.07, 6.45) is 5.66. The van der Waals surface area contributed by atoms with Crippen molar-refractivity contribution in [1.82, 2.24) is 20.2 Å². The highest BCUT2D eigenvalue weighted by Gasteiger charge is 2.41. The predicted molar refractivity (Wildman–Crippen MR) is 156 cm³/mol. The highest BCUT2D eigenvalue weighted by Crippen LogP contribution is 2.41. The van der Waals surface area contributed by atoms with Crippen LogP contribution in [0.4, 0.5) is 0 Å². The predicted octanol–water partition coefficient (Wildman–Crippen LogP) is 7.77. The summed E-state index contributed by atoms with van der Waals surface area (Å²) < 4.78 is 0. The van der Waals surface area contributed by atoms with Gasteiger partial charge >= 0.3 is 0 Å². The number of aromatic nitrogens is 4. The molecule has 5 aromatic rings. The first-order chi connectivity index (χ1) is 18.8. The fourth-order valence-corrected chi connectivity index (χ4v) is 6.21. The maximum atomic E-state index is 5.14. The molecule has 1 aliphatic carbocycles. The number of rotatable bonds is 7. The van der Waals surface area contributed by atoms with Gasteiger partial charge in [-0.15, -0.1) is 15.0 Å². The molecule has 38 heavy (non-hydrogen) atoms. The lowest BCUT2D eigenvalue weighted by Gasteiger charge is -2.34. The zero-order chi connectivity index (χ0) is 25.8. The molecule has 0 spiro atoms. The second-order valence-electron chi connectivity index (χ2n) is 9.77. The second-order valence-corrected chi connectivity index (χ2v) is 10.3. The Labute approximate surface area is 232 Å². The van der Waals surface area contributed by atoms with E-state index >= 15 is 0 Å². The molecule has 0 aliphatic heterocycles. The van der Waals surface area contributed by atoms with E-state index in [-0.39, 0.29) is 0 Å². The molecule has 1 aliphatic rings. The van der Waals surface area contributed by atoms with Crippen LogP contribution in [0.5, 0.6) is 0 Å². The largest absolute Gasteiger partial charge is 0.205 e. The monoisotopic (exact) mass is 560 g/mol. The summed E-state index contributed by atoms with van der Waals surface area (Å²) in [7, 11) is 0. The van der Waals surface area contributed by atoms with Crippen molar-refractivity contribution in [2.45, 2.75) is 30.7 Å². The van der Waals surface area contributed by atoms with Crippen molar-refractivity contribution in [3.63, 3.8) is 0 Å². The third kappa shape index (κ3) is 4.41. The van der Waals surface area contributed by atoms with E-state index in [0.717, 1.165) is 46.8 Å². The summed E-state index contributed by atoms with van der Waals surface area (Å²) in [5.74, 6) is 1.10. The zero-order valence-electron chi connectivity index (χ0n) is 21.1. The van der Waals surface area contributed by atoms with Gasteiger partial charge in [0.1, 0.15) is 0 Å². The summed E-state index contributed by atoms with van der Waals surface area (Å²) >= 11 is 3.62. The first-order valence-corrected chi connectivity index (χ1v) is 14.2. The fourth-order valence-electron chi connectivity index (χ4n) is 5.70. The Morgan fingerprint density at radius 1 is 0.737 bits per heavy atom. The molecule has 0 saturated carbocycles. The molecule has 6 rings (SSSR count). The Bertz CT molecular complexity index is 1430.